The minimum Gasteiger partial charge on any atom is -0.395 e. The Labute approximate surface area is 81.9 Å². The Morgan fingerprint density at radius 2 is 1.93 bits per heavy atom. The van der Waals surface area contributed by atoms with E-state index in [1.807, 2.05) is 0 Å². The van der Waals surface area contributed by atoms with Gasteiger partial charge in [0.15, 0.2) is 0 Å². The Balaban J connectivity index is 2.44. The smallest absolute Gasteiger partial charge is 0.216 e. The fourth-order valence-electron chi connectivity index (χ4n) is 1.54. The van der Waals surface area contributed by atoms with Crippen LogP contribution in [0.15, 0.2) is 0 Å². The molecule has 1 fully saturated rings. The van der Waals surface area contributed by atoms with Crippen LogP contribution in [0.4, 0.5) is 0 Å². The van der Waals surface area contributed by atoms with Crippen molar-refractivity contribution in [2.75, 3.05) is 13.2 Å². The molecular weight excluding hydrogens is 188 g/mol. The fraction of sp³-hybridized carbons (Fsp3) is 0.875. The lowest BCUT2D eigenvalue weighted by molar-refractivity contribution is -0.119. The first-order valence-corrected chi connectivity index (χ1v) is 4.53. The van der Waals surface area contributed by atoms with Crippen molar-refractivity contribution in [3.8, 4) is 0 Å². The highest BCUT2D eigenvalue weighted by Crippen LogP contribution is 2.13. The third-order valence-corrected chi connectivity index (χ3v) is 2.37. The second kappa shape index (κ2) is 4.70. The molecule has 0 saturated carbocycles. The van der Waals surface area contributed by atoms with Crippen molar-refractivity contribution in [1.29, 1.82) is 0 Å². The third kappa shape index (κ3) is 2.42. The number of carbonyl (C=O) groups excluding carboxylic acids is 1. The summed E-state index contributed by atoms with van der Waals surface area (Å²) >= 11 is 0. The zero-order valence-corrected chi connectivity index (χ0v) is 7.97. The number of carbonyl (C=O) groups is 1. The number of hydrogen-bond acceptors (Lipinski definition) is 5. The number of aliphatic hydroxyl groups excluding tert-OH is 3. The van der Waals surface area contributed by atoms with Gasteiger partial charge in [0, 0.05) is 13.5 Å². The van der Waals surface area contributed by atoms with Crippen LogP contribution in [0.1, 0.15) is 6.92 Å². The molecule has 6 heteroatoms. The Morgan fingerprint density at radius 1 is 1.36 bits per heavy atom. The molecule has 0 aliphatic carbocycles. The zero-order chi connectivity index (χ0) is 10.7. The first kappa shape index (κ1) is 11.4. The van der Waals surface area contributed by atoms with Crippen LogP contribution >= 0.6 is 0 Å². The summed E-state index contributed by atoms with van der Waals surface area (Å²) in [6.45, 7) is 1.38. The van der Waals surface area contributed by atoms with Gasteiger partial charge in [0.05, 0.1) is 30.9 Å². The van der Waals surface area contributed by atoms with Gasteiger partial charge in [-0.3, -0.25) is 4.79 Å². The Bertz CT molecular complexity index is 212. The van der Waals surface area contributed by atoms with Gasteiger partial charge in [-0.05, 0) is 0 Å². The number of rotatable bonds is 3. The summed E-state index contributed by atoms with van der Waals surface area (Å²) in [6.07, 6.45) is -1.95. The molecule has 0 aromatic heterocycles. The van der Waals surface area contributed by atoms with Gasteiger partial charge in [-0.25, -0.2) is 0 Å². The van der Waals surface area contributed by atoms with Crippen molar-refractivity contribution < 1.29 is 20.1 Å². The van der Waals surface area contributed by atoms with Gasteiger partial charge in [-0.15, -0.1) is 0 Å². The van der Waals surface area contributed by atoms with Crippen molar-refractivity contribution in [2.45, 2.75) is 31.2 Å². The molecule has 14 heavy (non-hydrogen) atoms. The summed E-state index contributed by atoms with van der Waals surface area (Å²) in [5, 5.41) is 33.1. The van der Waals surface area contributed by atoms with Gasteiger partial charge in [-0.2, -0.15) is 0 Å². The van der Waals surface area contributed by atoms with E-state index in [2.05, 4.69) is 10.6 Å². The van der Waals surface area contributed by atoms with Crippen LogP contribution in [0.2, 0.25) is 0 Å². The van der Waals surface area contributed by atoms with E-state index in [4.69, 9.17) is 5.11 Å². The molecule has 82 valence electrons. The molecule has 6 nitrogen and oxygen atoms in total. The van der Waals surface area contributed by atoms with Gasteiger partial charge in [0.1, 0.15) is 0 Å². The fourth-order valence-corrected chi connectivity index (χ4v) is 1.54. The van der Waals surface area contributed by atoms with Crippen molar-refractivity contribution in [1.82, 2.24) is 10.6 Å². The first-order valence-electron chi connectivity index (χ1n) is 4.53. The van der Waals surface area contributed by atoms with Crippen molar-refractivity contribution in [3.63, 3.8) is 0 Å². The highest BCUT2D eigenvalue weighted by atomic mass is 16.3. The summed E-state index contributed by atoms with van der Waals surface area (Å²) in [7, 11) is 0. The SMILES string of the molecule is CC(=O)NC[C@H]1N[C@@H](CO)[C@@H](O)[C@@H]1O. The first-order chi connectivity index (χ1) is 6.56. The van der Waals surface area contributed by atoms with Crippen LogP contribution in [0.5, 0.6) is 0 Å². The highest BCUT2D eigenvalue weighted by molar-refractivity contribution is 5.72. The maximum atomic E-state index is 10.6. The lowest BCUT2D eigenvalue weighted by atomic mass is 10.1. The molecule has 1 rings (SSSR count). The molecule has 0 radical (unpaired) electrons. The number of aliphatic hydroxyl groups is 3. The lowest BCUT2D eigenvalue weighted by Gasteiger charge is -2.15. The second-order valence-corrected chi connectivity index (χ2v) is 3.48. The number of hydrogen-bond donors (Lipinski definition) is 5. The normalized spacial score (nSPS) is 37.1. The molecule has 4 atom stereocenters. The average Bonchev–Trinajstić information content (AvgIpc) is 2.41. The molecule has 1 aliphatic heterocycles. The van der Waals surface area contributed by atoms with Crippen LogP contribution in [-0.4, -0.2) is 58.7 Å². The van der Waals surface area contributed by atoms with Gasteiger partial charge in [-0.1, -0.05) is 0 Å². The molecule has 1 heterocycles. The quantitative estimate of drug-likeness (QED) is 0.341. The minimum atomic E-state index is -0.987. The molecule has 0 spiro atoms. The van der Waals surface area contributed by atoms with Gasteiger partial charge in [0.25, 0.3) is 0 Å². The molecule has 1 amide bonds. The molecule has 0 bridgehead atoms. The average molecular weight is 204 g/mol. The number of amides is 1. The molecule has 1 saturated heterocycles. The summed E-state index contributed by atoms with van der Waals surface area (Å²) in [6, 6.07) is -0.935. The van der Waals surface area contributed by atoms with Crippen LogP contribution in [0, 0.1) is 0 Å². The molecule has 5 N–H and O–H groups in total. The van der Waals surface area contributed by atoms with Crippen molar-refractivity contribution >= 4 is 5.91 Å². The maximum absolute atomic E-state index is 10.6. The van der Waals surface area contributed by atoms with Crippen LogP contribution < -0.4 is 10.6 Å². The van der Waals surface area contributed by atoms with E-state index in [-0.39, 0.29) is 19.1 Å². The standard InChI is InChI=1S/C8H16N2O4/c1-4(12)9-2-5-7(13)8(14)6(3-11)10-5/h5-8,10-11,13-14H,2-3H2,1H3,(H,9,12)/t5-,6+,7-,8-/m1/s1. The predicted octanol–water partition coefficient (Wildman–Crippen LogP) is -2.82. The lowest BCUT2D eigenvalue weighted by Crippen LogP contribution is -2.43. The summed E-state index contributed by atoms with van der Waals surface area (Å²) in [5.74, 6) is -0.194. The van der Waals surface area contributed by atoms with Crippen LogP contribution in [0.3, 0.4) is 0 Å². The highest BCUT2D eigenvalue weighted by Gasteiger charge is 2.40. The molecule has 0 unspecified atom stereocenters. The summed E-state index contributed by atoms with van der Waals surface area (Å²) in [5.41, 5.74) is 0. The second-order valence-electron chi connectivity index (χ2n) is 3.48. The van der Waals surface area contributed by atoms with Gasteiger partial charge >= 0.3 is 0 Å². The summed E-state index contributed by atoms with van der Waals surface area (Å²) < 4.78 is 0. The monoisotopic (exact) mass is 204 g/mol. The van der Waals surface area contributed by atoms with E-state index in [0.29, 0.717) is 0 Å². The van der Waals surface area contributed by atoms with Gasteiger partial charge in [0.2, 0.25) is 5.91 Å². The summed E-state index contributed by atoms with van der Waals surface area (Å²) in [4.78, 5) is 10.6. The Hall–Kier alpha value is -0.690. The largest absolute Gasteiger partial charge is 0.395 e. The minimum absolute atomic E-state index is 0.194. The Kier molecular flexibility index (Phi) is 3.82. The van der Waals surface area contributed by atoms with Gasteiger partial charge < -0.3 is 26.0 Å². The molecule has 0 aromatic carbocycles. The topological polar surface area (TPSA) is 102 Å². The van der Waals surface area contributed by atoms with Crippen LogP contribution in [0.25, 0.3) is 0 Å². The predicted molar refractivity (Wildman–Crippen MR) is 48.5 cm³/mol. The molecule has 0 aromatic rings. The van der Waals surface area contributed by atoms with Crippen molar-refractivity contribution in [3.05, 3.63) is 0 Å². The third-order valence-electron chi connectivity index (χ3n) is 2.37. The number of nitrogens with one attached hydrogen (secondary N) is 2. The van der Waals surface area contributed by atoms with E-state index in [9.17, 15) is 15.0 Å². The molecular formula is C8H16N2O4. The van der Waals surface area contributed by atoms with Crippen LogP contribution in [-0.2, 0) is 4.79 Å². The van der Waals surface area contributed by atoms with E-state index in [0.717, 1.165) is 0 Å². The van der Waals surface area contributed by atoms with E-state index >= 15 is 0 Å². The van der Waals surface area contributed by atoms with Crippen molar-refractivity contribution in [2.24, 2.45) is 0 Å². The maximum Gasteiger partial charge on any atom is 0.216 e. The van der Waals surface area contributed by atoms with E-state index in [1.165, 1.54) is 6.92 Å². The molecule has 1 aliphatic rings. The van der Waals surface area contributed by atoms with E-state index in [1.54, 1.807) is 0 Å². The Morgan fingerprint density at radius 3 is 2.36 bits per heavy atom. The van der Waals surface area contributed by atoms with E-state index < -0.39 is 24.3 Å². The zero-order valence-electron chi connectivity index (χ0n) is 7.97.